The maximum Gasteiger partial charge on any atom is 0.296 e. The fourth-order valence-corrected chi connectivity index (χ4v) is 2.50. The van der Waals surface area contributed by atoms with Crippen LogP contribution in [0.15, 0.2) is 63.9 Å². The van der Waals surface area contributed by atoms with Crippen LogP contribution in [-0.2, 0) is 10.1 Å². The van der Waals surface area contributed by atoms with Crippen molar-refractivity contribution in [2.75, 3.05) is 0 Å². The predicted octanol–water partition coefficient (Wildman–Crippen LogP) is 3.66. The maximum atomic E-state index is 11.3. The van der Waals surface area contributed by atoms with Crippen molar-refractivity contribution in [3.05, 3.63) is 60.2 Å². The van der Waals surface area contributed by atoms with Crippen molar-refractivity contribution in [3.63, 3.8) is 0 Å². The summed E-state index contributed by atoms with van der Waals surface area (Å²) in [6, 6.07) is 11.8. The standard InChI is InChI=1S/C16H14N2O3S/c1-3-12-5-4-6-13(9-12)11-18-14-7-8-15(17-2)16(10-14)22(19,20)21/h3-11H,1-2H2,(H,19,20,21). The molecule has 2 rings (SSSR count). The van der Waals surface area contributed by atoms with Crippen molar-refractivity contribution >= 4 is 40.5 Å². The van der Waals surface area contributed by atoms with Crippen LogP contribution >= 0.6 is 0 Å². The SMILES string of the molecule is C=Cc1cccc(C=Nc2ccc(N=C)c(S(=O)(=O)O)c2)c1. The molecular formula is C16H14N2O3S. The van der Waals surface area contributed by atoms with Gasteiger partial charge in [-0.3, -0.25) is 14.5 Å². The van der Waals surface area contributed by atoms with E-state index < -0.39 is 10.1 Å². The second-order valence-corrected chi connectivity index (χ2v) is 5.81. The molecule has 2 aromatic carbocycles. The molecule has 6 heteroatoms. The summed E-state index contributed by atoms with van der Waals surface area (Å²) in [6.45, 7) is 6.97. The number of rotatable bonds is 5. The zero-order valence-corrected chi connectivity index (χ0v) is 12.5. The van der Waals surface area contributed by atoms with Gasteiger partial charge in [-0.1, -0.05) is 30.9 Å². The Balaban J connectivity index is 2.39. The summed E-state index contributed by atoms with van der Waals surface area (Å²) in [6.07, 6.45) is 3.31. The van der Waals surface area contributed by atoms with Gasteiger partial charge in [-0.2, -0.15) is 8.42 Å². The van der Waals surface area contributed by atoms with Crippen LogP contribution in [0.25, 0.3) is 6.08 Å². The van der Waals surface area contributed by atoms with Gasteiger partial charge in [0.25, 0.3) is 10.1 Å². The van der Waals surface area contributed by atoms with Crippen LogP contribution < -0.4 is 0 Å². The van der Waals surface area contributed by atoms with Gasteiger partial charge in [-0.05, 0) is 42.1 Å². The molecular weight excluding hydrogens is 300 g/mol. The molecule has 2 aromatic rings. The van der Waals surface area contributed by atoms with Gasteiger partial charge in [0, 0.05) is 6.21 Å². The fourth-order valence-electron chi connectivity index (χ4n) is 1.84. The predicted molar refractivity (Wildman–Crippen MR) is 89.3 cm³/mol. The molecule has 0 bridgehead atoms. The van der Waals surface area contributed by atoms with Gasteiger partial charge in [-0.15, -0.1) is 0 Å². The van der Waals surface area contributed by atoms with Crippen LogP contribution in [0.3, 0.4) is 0 Å². The molecule has 0 aromatic heterocycles. The molecule has 0 spiro atoms. The smallest absolute Gasteiger partial charge is 0.282 e. The van der Waals surface area contributed by atoms with Crippen molar-refractivity contribution in [2.45, 2.75) is 4.90 Å². The minimum absolute atomic E-state index is 0.0788. The lowest BCUT2D eigenvalue weighted by Gasteiger charge is -2.03. The first-order valence-corrected chi connectivity index (χ1v) is 7.73. The molecule has 0 saturated carbocycles. The average Bonchev–Trinajstić information content (AvgIpc) is 2.52. The topological polar surface area (TPSA) is 79.1 Å². The number of hydrogen-bond donors (Lipinski definition) is 1. The van der Waals surface area contributed by atoms with Crippen molar-refractivity contribution in [1.29, 1.82) is 0 Å². The molecule has 0 aliphatic carbocycles. The molecule has 112 valence electrons. The highest BCUT2D eigenvalue weighted by Gasteiger charge is 2.15. The van der Waals surface area contributed by atoms with E-state index in [9.17, 15) is 13.0 Å². The first kappa shape index (κ1) is 15.8. The van der Waals surface area contributed by atoms with E-state index >= 15 is 0 Å². The quantitative estimate of drug-likeness (QED) is 0.675. The zero-order chi connectivity index (χ0) is 16.2. The van der Waals surface area contributed by atoms with Gasteiger partial charge in [0.1, 0.15) is 4.90 Å². The first-order valence-electron chi connectivity index (χ1n) is 6.29. The van der Waals surface area contributed by atoms with Gasteiger partial charge in [0.2, 0.25) is 0 Å². The van der Waals surface area contributed by atoms with Gasteiger partial charge < -0.3 is 0 Å². The van der Waals surface area contributed by atoms with Crippen molar-refractivity contribution in [3.8, 4) is 0 Å². The monoisotopic (exact) mass is 314 g/mol. The van der Waals surface area contributed by atoms with Crippen LogP contribution in [0.1, 0.15) is 11.1 Å². The summed E-state index contributed by atoms with van der Waals surface area (Å²) >= 11 is 0. The highest BCUT2D eigenvalue weighted by atomic mass is 32.2. The van der Waals surface area contributed by atoms with Gasteiger partial charge in [-0.25, -0.2) is 0 Å². The normalized spacial score (nSPS) is 11.5. The van der Waals surface area contributed by atoms with Gasteiger partial charge in [0.05, 0.1) is 11.4 Å². The molecule has 0 fully saturated rings. The number of nitrogens with zero attached hydrogens (tertiary/aromatic N) is 2. The average molecular weight is 314 g/mol. The maximum absolute atomic E-state index is 11.3. The van der Waals surface area contributed by atoms with E-state index in [4.69, 9.17) is 0 Å². The third kappa shape index (κ3) is 3.75. The Morgan fingerprint density at radius 3 is 2.45 bits per heavy atom. The Hall–Kier alpha value is -2.57. The lowest BCUT2D eigenvalue weighted by Crippen LogP contribution is -1.98. The Morgan fingerprint density at radius 2 is 1.82 bits per heavy atom. The van der Waals surface area contributed by atoms with Gasteiger partial charge in [0.15, 0.2) is 0 Å². The fraction of sp³-hybridized carbons (Fsp3) is 0. The Bertz CT molecular complexity index is 855. The van der Waals surface area contributed by atoms with E-state index in [2.05, 4.69) is 23.3 Å². The molecule has 0 radical (unpaired) electrons. The van der Waals surface area contributed by atoms with Crippen molar-refractivity contribution in [2.24, 2.45) is 9.98 Å². The Morgan fingerprint density at radius 1 is 1.09 bits per heavy atom. The summed E-state index contributed by atoms with van der Waals surface area (Å²) in [4.78, 5) is 7.45. The van der Waals surface area contributed by atoms with Crippen LogP contribution in [-0.4, -0.2) is 25.9 Å². The van der Waals surface area contributed by atoms with E-state index in [0.717, 1.165) is 11.1 Å². The van der Waals surface area contributed by atoms with Gasteiger partial charge >= 0.3 is 0 Å². The summed E-state index contributed by atoms with van der Waals surface area (Å²) < 4.78 is 31.9. The van der Waals surface area contributed by atoms with Crippen molar-refractivity contribution in [1.82, 2.24) is 0 Å². The largest absolute Gasteiger partial charge is 0.296 e. The Kier molecular flexibility index (Phi) is 4.65. The highest BCUT2D eigenvalue weighted by Crippen LogP contribution is 2.28. The molecule has 0 heterocycles. The second kappa shape index (κ2) is 6.46. The third-order valence-electron chi connectivity index (χ3n) is 2.90. The van der Waals surface area contributed by atoms with Crippen LogP contribution in [0.5, 0.6) is 0 Å². The Labute approximate surface area is 129 Å². The highest BCUT2D eigenvalue weighted by molar-refractivity contribution is 7.86. The molecule has 5 nitrogen and oxygen atoms in total. The molecule has 0 aliphatic heterocycles. The van der Waals surface area contributed by atoms with E-state index in [1.165, 1.54) is 12.1 Å². The van der Waals surface area contributed by atoms with Crippen LogP contribution in [0.2, 0.25) is 0 Å². The van der Waals surface area contributed by atoms with Crippen LogP contribution in [0, 0.1) is 0 Å². The summed E-state index contributed by atoms with van der Waals surface area (Å²) in [5.41, 5.74) is 2.25. The lowest BCUT2D eigenvalue weighted by atomic mass is 10.1. The van der Waals surface area contributed by atoms with E-state index in [0.29, 0.717) is 5.69 Å². The number of hydrogen-bond acceptors (Lipinski definition) is 4. The van der Waals surface area contributed by atoms with E-state index in [1.807, 2.05) is 24.3 Å². The van der Waals surface area contributed by atoms with E-state index in [1.54, 1.807) is 18.4 Å². The van der Waals surface area contributed by atoms with Crippen molar-refractivity contribution < 1.29 is 13.0 Å². The van der Waals surface area contributed by atoms with E-state index in [-0.39, 0.29) is 10.6 Å². The molecule has 0 unspecified atom stereocenters. The zero-order valence-electron chi connectivity index (χ0n) is 11.7. The minimum Gasteiger partial charge on any atom is -0.282 e. The molecule has 0 amide bonds. The molecule has 0 aliphatic rings. The number of aliphatic imine (C=N–C) groups is 2. The lowest BCUT2D eigenvalue weighted by molar-refractivity contribution is 0.483. The second-order valence-electron chi connectivity index (χ2n) is 4.42. The van der Waals surface area contributed by atoms with Crippen LogP contribution in [0.4, 0.5) is 11.4 Å². The number of benzene rings is 2. The molecule has 0 saturated heterocycles. The summed E-state index contributed by atoms with van der Waals surface area (Å²) in [5, 5.41) is 0. The summed E-state index contributed by atoms with van der Waals surface area (Å²) in [5.74, 6) is 0. The molecule has 22 heavy (non-hydrogen) atoms. The minimum atomic E-state index is -4.38. The third-order valence-corrected chi connectivity index (χ3v) is 3.78. The molecule has 1 N–H and O–H groups in total. The first-order chi connectivity index (χ1) is 10.4. The molecule has 0 atom stereocenters. The summed E-state index contributed by atoms with van der Waals surface area (Å²) in [7, 11) is -4.38.